The third-order valence-electron chi connectivity index (χ3n) is 4.28. The molecule has 0 aliphatic carbocycles. The maximum atomic E-state index is 11.3. The topological polar surface area (TPSA) is 81.6 Å². The number of likely N-dealkylation sites (tertiary alicyclic amines) is 1. The minimum absolute atomic E-state index is 0.00681. The van der Waals surface area contributed by atoms with E-state index in [0.717, 1.165) is 37.2 Å². The molecular weight excluding hydrogens is 266 g/mol. The van der Waals surface area contributed by atoms with Gasteiger partial charge in [0.25, 0.3) is 0 Å². The molecule has 1 aromatic rings. The first-order valence-corrected chi connectivity index (χ1v) is 7.46. The van der Waals surface area contributed by atoms with Crippen LogP contribution in [0.2, 0.25) is 0 Å². The Morgan fingerprint density at radius 1 is 1.33 bits per heavy atom. The minimum Gasteiger partial charge on any atom is -0.496 e. The van der Waals surface area contributed by atoms with Gasteiger partial charge in [-0.15, -0.1) is 0 Å². The van der Waals surface area contributed by atoms with Crippen LogP contribution < -0.4 is 16.2 Å². The molecule has 2 rings (SSSR count). The molecule has 1 heterocycles. The van der Waals surface area contributed by atoms with Gasteiger partial charge < -0.3 is 16.2 Å². The van der Waals surface area contributed by atoms with Crippen LogP contribution in [0.4, 0.5) is 0 Å². The SMILES string of the molecule is COc1ccccc1C(C(C)N)N1CCC(C(N)=O)CC1. The van der Waals surface area contributed by atoms with E-state index < -0.39 is 0 Å². The third kappa shape index (κ3) is 3.54. The summed E-state index contributed by atoms with van der Waals surface area (Å²) in [6.45, 7) is 3.67. The van der Waals surface area contributed by atoms with Crippen LogP contribution in [0.15, 0.2) is 24.3 Å². The number of primary amides is 1. The first-order valence-electron chi connectivity index (χ1n) is 7.46. The van der Waals surface area contributed by atoms with Gasteiger partial charge in [0.15, 0.2) is 0 Å². The number of para-hydroxylation sites is 1. The van der Waals surface area contributed by atoms with Gasteiger partial charge in [-0.25, -0.2) is 0 Å². The second-order valence-corrected chi connectivity index (χ2v) is 5.76. The molecule has 0 saturated carbocycles. The van der Waals surface area contributed by atoms with Gasteiger partial charge in [-0.05, 0) is 38.9 Å². The summed E-state index contributed by atoms with van der Waals surface area (Å²) in [7, 11) is 1.68. The summed E-state index contributed by atoms with van der Waals surface area (Å²) < 4.78 is 5.47. The van der Waals surface area contributed by atoms with E-state index in [9.17, 15) is 4.79 Å². The average molecular weight is 291 g/mol. The maximum absolute atomic E-state index is 11.3. The second-order valence-electron chi connectivity index (χ2n) is 5.76. The van der Waals surface area contributed by atoms with Gasteiger partial charge in [-0.3, -0.25) is 9.69 Å². The number of hydrogen-bond donors (Lipinski definition) is 2. The van der Waals surface area contributed by atoms with E-state index in [4.69, 9.17) is 16.2 Å². The van der Waals surface area contributed by atoms with Crippen molar-refractivity contribution in [3.05, 3.63) is 29.8 Å². The Labute approximate surface area is 126 Å². The van der Waals surface area contributed by atoms with Gasteiger partial charge in [0.05, 0.1) is 13.2 Å². The Hall–Kier alpha value is -1.59. The molecule has 21 heavy (non-hydrogen) atoms. The van der Waals surface area contributed by atoms with Gasteiger partial charge >= 0.3 is 0 Å². The summed E-state index contributed by atoms with van der Waals surface area (Å²) in [4.78, 5) is 13.6. The predicted molar refractivity (Wildman–Crippen MR) is 82.9 cm³/mol. The first-order chi connectivity index (χ1) is 10.0. The standard InChI is InChI=1S/C16H25N3O2/c1-11(17)15(13-5-3-4-6-14(13)21-2)19-9-7-12(8-10-19)16(18)20/h3-6,11-12,15H,7-10,17H2,1-2H3,(H2,18,20). The lowest BCUT2D eigenvalue weighted by atomic mass is 9.91. The number of carbonyl (C=O) groups is 1. The Kier molecular flexibility index (Phi) is 5.20. The van der Waals surface area contributed by atoms with Crippen LogP contribution in [-0.4, -0.2) is 37.0 Å². The van der Waals surface area contributed by atoms with Crippen molar-refractivity contribution in [1.29, 1.82) is 0 Å². The zero-order valence-corrected chi connectivity index (χ0v) is 12.8. The highest BCUT2D eigenvalue weighted by molar-refractivity contribution is 5.76. The summed E-state index contributed by atoms with van der Waals surface area (Å²) in [6.07, 6.45) is 1.60. The number of methoxy groups -OCH3 is 1. The summed E-state index contributed by atoms with van der Waals surface area (Å²) in [5.41, 5.74) is 12.7. The fourth-order valence-electron chi connectivity index (χ4n) is 3.19. The first kappa shape index (κ1) is 15.8. The number of piperidine rings is 1. The molecule has 2 unspecified atom stereocenters. The molecule has 1 saturated heterocycles. The van der Waals surface area contributed by atoms with E-state index in [-0.39, 0.29) is 23.9 Å². The largest absolute Gasteiger partial charge is 0.496 e. The molecule has 0 radical (unpaired) electrons. The van der Waals surface area contributed by atoms with Gasteiger partial charge in [-0.1, -0.05) is 18.2 Å². The molecule has 116 valence electrons. The van der Waals surface area contributed by atoms with E-state index in [0.29, 0.717) is 0 Å². The van der Waals surface area contributed by atoms with E-state index in [1.54, 1.807) is 7.11 Å². The smallest absolute Gasteiger partial charge is 0.220 e. The number of ether oxygens (including phenoxy) is 1. The molecular formula is C16H25N3O2. The van der Waals surface area contributed by atoms with Gasteiger partial charge in [0.2, 0.25) is 5.91 Å². The van der Waals surface area contributed by atoms with E-state index in [2.05, 4.69) is 11.0 Å². The molecule has 0 bridgehead atoms. The van der Waals surface area contributed by atoms with Crippen LogP contribution in [0.5, 0.6) is 5.75 Å². The molecule has 1 fully saturated rings. The Balaban J connectivity index is 2.19. The number of nitrogens with zero attached hydrogens (tertiary/aromatic N) is 1. The van der Waals surface area contributed by atoms with E-state index in [1.807, 2.05) is 25.1 Å². The second kappa shape index (κ2) is 6.91. The van der Waals surface area contributed by atoms with Crippen LogP contribution in [-0.2, 0) is 4.79 Å². The van der Waals surface area contributed by atoms with E-state index >= 15 is 0 Å². The van der Waals surface area contributed by atoms with Crippen molar-refractivity contribution in [2.45, 2.75) is 31.8 Å². The number of hydrogen-bond acceptors (Lipinski definition) is 4. The van der Waals surface area contributed by atoms with Crippen molar-refractivity contribution in [1.82, 2.24) is 4.90 Å². The minimum atomic E-state index is -0.190. The van der Waals surface area contributed by atoms with Crippen molar-refractivity contribution < 1.29 is 9.53 Å². The Morgan fingerprint density at radius 2 is 1.95 bits per heavy atom. The molecule has 4 N–H and O–H groups in total. The molecule has 1 aliphatic heterocycles. The molecule has 1 amide bonds. The zero-order chi connectivity index (χ0) is 15.4. The van der Waals surface area contributed by atoms with Crippen molar-refractivity contribution in [3.8, 4) is 5.75 Å². The summed E-state index contributed by atoms with van der Waals surface area (Å²) >= 11 is 0. The van der Waals surface area contributed by atoms with Crippen LogP contribution in [0, 0.1) is 5.92 Å². The van der Waals surface area contributed by atoms with Crippen LogP contribution >= 0.6 is 0 Å². The van der Waals surface area contributed by atoms with Crippen molar-refractivity contribution in [3.63, 3.8) is 0 Å². The molecule has 5 heteroatoms. The van der Waals surface area contributed by atoms with Crippen molar-refractivity contribution in [2.24, 2.45) is 17.4 Å². The fourth-order valence-corrected chi connectivity index (χ4v) is 3.19. The predicted octanol–water partition coefficient (Wildman–Crippen LogP) is 1.28. The molecule has 0 aromatic heterocycles. The summed E-state index contributed by atoms with van der Waals surface area (Å²) in [5.74, 6) is 0.661. The lowest BCUT2D eigenvalue weighted by Crippen LogP contribution is -2.45. The highest BCUT2D eigenvalue weighted by Gasteiger charge is 2.31. The van der Waals surface area contributed by atoms with E-state index in [1.165, 1.54) is 0 Å². The molecule has 0 spiro atoms. The number of benzene rings is 1. The summed E-state index contributed by atoms with van der Waals surface area (Å²) in [6, 6.07) is 8.05. The molecule has 1 aromatic carbocycles. The normalized spacial score (nSPS) is 20.0. The molecule has 5 nitrogen and oxygen atoms in total. The van der Waals surface area contributed by atoms with Gasteiger partial charge in [0, 0.05) is 17.5 Å². The summed E-state index contributed by atoms with van der Waals surface area (Å²) in [5, 5.41) is 0. The van der Waals surface area contributed by atoms with Gasteiger partial charge in [-0.2, -0.15) is 0 Å². The number of nitrogens with two attached hydrogens (primary N) is 2. The number of amides is 1. The van der Waals surface area contributed by atoms with Crippen molar-refractivity contribution >= 4 is 5.91 Å². The number of carbonyl (C=O) groups excluding carboxylic acids is 1. The van der Waals surface area contributed by atoms with Crippen LogP contribution in [0.3, 0.4) is 0 Å². The molecule has 2 atom stereocenters. The lowest BCUT2D eigenvalue weighted by molar-refractivity contribution is -0.123. The van der Waals surface area contributed by atoms with Crippen molar-refractivity contribution in [2.75, 3.05) is 20.2 Å². The average Bonchev–Trinajstić information content (AvgIpc) is 2.48. The Morgan fingerprint density at radius 3 is 2.48 bits per heavy atom. The number of rotatable bonds is 5. The third-order valence-corrected chi connectivity index (χ3v) is 4.28. The monoisotopic (exact) mass is 291 g/mol. The maximum Gasteiger partial charge on any atom is 0.220 e. The molecule has 1 aliphatic rings. The quantitative estimate of drug-likeness (QED) is 0.856. The highest BCUT2D eigenvalue weighted by atomic mass is 16.5. The van der Waals surface area contributed by atoms with Crippen LogP contribution in [0.25, 0.3) is 0 Å². The fraction of sp³-hybridized carbons (Fsp3) is 0.562. The Bertz CT molecular complexity index is 482. The van der Waals surface area contributed by atoms with Gasteiger partial charge in [0.1, 0.15) is 5.75 Å². The lowest BCUT2D eigenvalue weighted by Gasteiger charge is -2.39. The zero-order valence-electron chi connectivity index (χ0n) is 12.8. The van der Waals surface area contributed by atoms with Crippen LogP contribution in [0.1, 0.15) is 31.4 Å². The highest BCUT2D eigenvalue weighted by Crippen LogP contribution is 2.33.